The first-order chi connectivity index (χ1) is 9.64. The molecule has 0 aromatic rings. The number of nitrogens with one attached hydrogen (secondary N) is 1. The van der Waals surface area contributed by atoms with Gasteiger partial charge in [-0.1, -0.05) is 51.7 Å². The predicted octanol–water partition coefficient (Wildman–Crippen LogP) is 3.06. The van der Waals surface area contributed by atoms with Crippen LogP contribution in [0.5, 0.6) is 0 Å². The van der Waals surface area contributed by atoms with Crippen molar-refractivity contribution in [3.8, 4) is 0 Å². The van der Waals surface area contributed by atoms with Crippen LogP contribution in [0.2, 0.25) is 0 Å². The number of imide groups is 1. The monoisotopic (exact) mass is 275 g/mol. The number of carbonyl (C=O) groups is 2. The lowest BCUT2D eigenvalue weighted by atomic mass is 9.64. The highest BCUT2D eigenvalue weighted by molar-refractivity contribution is 6.06. The summed E-state index contributed by atoms with van der Waals surface area (Å²) in [4.78, 5) is 24.2. The summed E-state index contributed by atoms with van der Waals surface area (Å²) >= 11 is 0. The number of hydrogen-bond acceptors (Lipinski definition) is 2. The lowest BCUT2D eigenvalue weighted by Crippen LogP contribution is -2.38. The van der Waals surface area contributed by atoms with Crippen LogP contribution >= 0.6 is 0 Å². The molecule has 0 aromatic heterocycles. The molecule has 1 aliphatic heterocycles. The zero-order valence-corrected chi connectivity index (χ0v) is 12.5. The van der Waals surface area contributed by atoms with E-state index in [0.29, 0.717) is 11.8 Å². The highest BCUT2D eigenvalue weighted by Crippen LogP contribution is 2.63. The maximum Gasteiger partial charge on any atom is 0.231 e. The summed E-state index contributed by atoms with van der Waals surface area (Å²) in [7, 11) is 0. The molecule has 3 nitrogen and oxygen atoms in total. The fourth-order valence-corrected chi connectivity index (χ4v) is 4.99. The molecule has 1 heterocycles. The van der Waals surface area contributed by atoms with Gasteiger partial charge in [0.2, 0.25) is 11.8 Å². The second-order valence-corrected chi connectivity index (χ2v) is 6.80. The Morgan fingerprint density at radius 3 is 2.80 bits per heavy atom. The SMILES string of the molecule is CCCCCC(CC)C12C=CC(C1)C1C(=O)NC(=O)C12. The van der Waals surface area contributed by atoms with Gasteiger partial charge in [-0.2, -0.15) is 0 Å². The van der Waals surface area contributed by atoms with Crippen molar-refractivity contribution in [1.29, 1.82) is 0 Å². The van der Waals surface area contributed by atoms with E-state index in [4.69, 9.17) is 0 Å². The molecule has 5 atom stereocenters. The normalized spacial score (nSPS) is 39.2. The molecule has 20 heavy (non-hydrogen) atoms. The van der Waals surface area contributed by atoms with Crippen molar-refractivity contribution in [1.82, 2.24) is 5.32 Å². The molecule has 2 bridgehead atoms. The Balaban J connectivity index is 1.85. The molecule has 2 fully saturated rings. The first-order valence-electron chi connectivity index (χ1n) is 8.18. The maximum atomic E-state index is 12.2. The van der Waals surface area contributed by atoms with Crippen LogP contribution in [0.25, 0.3) is 0 Å². The molecule has 2 amide bonds. The van der Waals surface area contributed by atoms with E-state index in [9.17, 15) is 9.59 Å². The van der Waals surface area contributed by atoms with E-state index in [2.05, 4.69) is 31.3 Å². The minimum absolute atomic E-state index is 0.0132. The van der Waals surface area contributed by atoms with E-state index in [1.165, 1.54) is 25.7 Å². The molecule has 110 valence electrons. The molecule has 5 unspecified atom stereocenters. The van der Waals surface area contributed by atoms with E-state index in [1.54, 1.807) is 0 Å². The number of hydrogen-bond donors (Lipinski definition) is 1. The molecular weight excluding hydrogens is 250 g/mol. The fourth-order valence-electron chi connectivity index (χ4n) is 4.99. The van der Waals surface area contributed by atoms with Crippen LogP contribution in [0.15, 0.2) is 12.2 Å². The van der Waals surface area contributed by atoms with Crippen molar-refractivity contribution in [2.45, 2.75) is 52.4 Å². The largest absolute Gasteiger partial charge is 0.296 e. The molecule has 3 rings (SSSR count). The smallest absolute Gasteiger partial charge is 0.231 e. The first kappa shape index (κ1) is 13.8. The Morgan fingerprint density at radius 1 is 1.30 bits per heavy atom. The highest BCUT2D eigenvalue weighted by atomic mass is 16.2. The third kappa shape index (κ3) is 1.78. The molecule has 2 aliphatic carbocycles. The van der Waals surface area contributed by atoms with E-state index in [-0.39, 0.29) is 29.1 Å². The summed E-state index contributed by atoms with van der Waals surface area (Å²) in [5.41, 5.74) is -0.0337. The average molecular weight is 275 g/mol. The van der Waals surface area contributed by atoms with E-state index in [1.807, 2.05) is 0 Å². The van der Waals surface area contributed by atoms with E-state index < -0.39 is 0 Å². The predicted molar refractivity (Wildman–Crippen MR) is 77.7 cm³/mol. The van der Waals surface area contributed by atoms with E-state index >= 15 is 0 Å². The summed E-state index contributed by atoms with van der Waals surface area (Å²) < 4.78 is 0. The van der Waals surface area contributed by atoms with Crippen LogP contribution in [0, 0.1) is 29.1 Å². The van der Waals surface area contributed by atoms with Gasteiger partial charge >= 0.3 is 0 Å². The standard InChI is InChI=1S/C17H25NO2/c1-3-5-6-7-12(4-2)17-9-8-11(10-17)13-14(17)16(20)18-15(13)19/h8-9,11-14H,3-7,10H2,1-2H3,(H,18,19,20). The topological polar surface area (TPSA) is 46.2 Å². The van der Waals surface area contributed by atoms with Gasteiger partial charge in [0.05, 0.1) is 11.8 Å². The second kappa shape index (κ2) is 5.01. The number of unbranched alkanes of at least 4 members (excludes halogenated alkanes) is 2. The zero-order valence-electron chi connectivity index (χ0n) is 12.5. The fraction of sp³-hybridized carbons (Fsp3) is 0.765. The van der Waals surface area contributed by atoms with Crippen molar-refractivity contribution >= 4 is 11.8 Å². The Bertz CT molecular complexity index is 456. The lowest BCUT2D eigenvalue weighted by Gasteiger charge is -2.38. The third-order valence-corrected chi connectivity index (χ3v) is 5.88. The van der Waals surface area contributed by atoms with Crippen LogP contribution < -0.4 is 5.32 Å². The Morgan fingerprint density at radius 2 is 2.10 bits per heavy atom. The Kier molecular flexibility index (Phi) is 3.47. The van der Waals surface area contributed by atoms with Crippen LogP contribution in [0.1, 0.15) is 52.4 Å². The molecule has 1 N–H and O–H groups in total. The quantitative estimate of drug-likeness (QED) is 0.460. The molecule has 0 aromatic carbocycles. The summed E-state index contributed by atoms with van der Waals surface area (Å²) in [5.74, 6) is 0.637. The molecular formula is C17H25NO2. The van der Waals surface area contributed by atoms with Crippen LogP contribution in [0.4, 0.5) is 0 Å². The Hall–Kier alpha value is -1.12. The lowest BCUT2D eigenvalue weighted by molar-refractivity contribution is -0.127. The number of amides is 2. The van der Waals surface area contributed by atoms with Crippen molar-refractivity contribution in [3.05, 3.63) is 12.2 Å². The summed E-state index contributed by atoms with van der Waals surface area (Å²) in [5, 5.41) is 2.57. The van der Waals surface area contributed by atoms with Crippen molar-refractivity contribution < 1.29 is 9.59 Å². The van der Waals surface area contributed by atoms with Crippen molar-refractivity contribution in [2.24, 2.45) is 29.1 Å². The van der Waals surface area contributed by atoms with Crippen LogP contribution in [-0.2, 0) is 9.59 Å². The van der Waals surface area contributed by atoms with Gasteiger partial charge in [0.25, 0.3) is 0 Å². The third-order valence-electron chi connectivity index (χ3n) is 5.88. The molecule has 1 saturated carbocycles. The van der Waals surface area contributed by atoms with Gasteiger partial charge in [-0.3, -0.25) is 14.9 Å². The highest BCUT2D eigenvalue weighted by Gasteiger charge is 2.65. The van der Waals surface area contributed by atoms with Gasteiger partial charge in [-0.05, 0) is 24.7 Å². The van der Waals surface area contributed by atoms with Gasteiger partial charge in [0.15, 0.2) is 0 Å². The summed E-state index contributed by atoms with van der Waals surface area (Å²) in [6.45, 7) is 4.45. The average Bonchev–Trinajstić information content (AvgIpc) is 3.07. The first-order valence-corrected chi connectivity index (χ1v) is 8.18. The van der Waals surface area contributed by atoms with Gasteiger partial charge in [-0.15, -0.1) is 0 Å². The maximum absolute atomic E-state index is 12.2. The number of carbonyl (C=O) groups excluding carboxylic acids is 2. The van der Waals surface area contributed by atoms with Crippen LogP contribution in [-0.4, -0.2) is 11.8 Å². The summed E-state index contributed by atoms with van der Waals surface area (Å²) in [6.07, 6.45) is 11.5. The van der Waals surface area contributed by atoms with Gasteiger partial charge in [0, 0.05) is 5.41 Å². The Labute approximate surface area is 121 Å². The van der Waals surface area contributed by atoms with Gasteiger partial charge in [-0.25, -0.2) is 0 Å². The van der Waals surface area contributed by atoms with Gasteiger partial charge < -0.3 is 0 Å². The minimum Gasteiger partial charge on any atom is -0.296 e. The summed E-state index contributed by atoms with van der Waals surface area (Å²) in [6, 6.07) is 0. The number of allylic oxidation sites excluding steroid dienone is 2. The molecule has 0 spiro atoms. The zero-order chi connectivity index (χ0) is 14.3. The molecule has 1 saturated heterocycles. The van der Waals surface area contributed by atoms with E-state index in [0.717, 1.165) is 12.8 Å². The minimum atomic E-state index is -0.0865. The van der Waals surface area contributed by atoms with Gasteiger partial charge in [0.1, 0.15) is 0 Å². The van der Waals surface area contributed by atoms with Crippen LogP contribution in [0.3, 0.4) is 0 Å². The van der Waals surface area contributed by atoms with Crippen molar-refractivity contribution in [3.63, 3.8) is 0 Å². The molecule has 3 heteroatoms. The number of rotatable bonds is 6. The molecule has 0 radical (unpaired) electrons. The van der Waals surface area contributed by atoms with Crippen molar-refractivity contribution in [2.75, 3.05) is 0 Å². The number of fused-ring (bicyclic) bond motifs is 5. The second-order valence-electron chi connectivity index (χ2n) is 6.80. The molecule has 3 aliphatic rings.